The van der Waals surface area contributed by atoms with Crippen LogP contribution in [0.25, 0.3) is 0 Å². The third kappa shape index (κ3) is 3.20. The van der Waals surface area contributed by atoms with Gasteiger partial charge in [0.05, 0.1) is 0 Å². The molecule has 2 nitrogen and oxygen atoms in total. The second kappa shape index (κ2) is 5.82. The Hall–Kier alpha value is -2.23. The standard InChI is InChI=1S/C16H14F2O2/c1-10-9-14(7-8-15(10)18)20-11(2)16(19)12-3-5-13(17)6-4-12/h3-9,11H,1-2H3. The van der Waals surface area contributed by atoms with Crippen LogP contribution in [0.2, 0.25) is 0 Å². The molecular formula is C16H14F2O2. The minimum Gasteiger partial charge on any atom is -0.483 e. The van der Waals surface area contributed by atoms with Gasteiger partial charge in [0.2, 0.25) is 5.78 Å². The van der Waals surface area contributed by atoms with Gasteiger partial charge < -0.3 is 4.74 Å². The summed E-state index contributed by atoms with van der Waals surface area (Å²) in [4.78, 5) is 12.1. The lowest BCUT2D eigenvalue weighted by molar-refractivity contribution is 0.0818. The molecule has 0 radical (unpaired) electrons. The van der Waals surface area contributed by atoms with Crippen molar-refractivity contribution in [3.8, 4) is 5.75 Å². The monoisotopic (exact) mass is 276 g/mol. The molecule has 0 aliphatic rings. The van der Waals surface area contributed by atoms with Gasteiger partial charge in [-0.2, -0.15) is 0 Å². The Kier molecular flexibility index (Phi) is 4.13. The second-order valence-corrected chi connectivity index (χ2v) is 4.54. The van der Waals surface area contributed by atoms with E-state index in [0.29, 0.717) is 16.9 Å². The van der Waals surface area contributed by atoms with Crippen LogP contribution in [0.1, 0.15) is 22.8 Å². The molecule has 4 heteroatoms. The number of rotatable bonds is 4. The maximum atomic E-state index is 13.1. The molecule has 1 atom stereocenters. The van der Waals surface area contributed by atoms with Crippen LogP contribution >= 0.6 is 0 Å². The maximum absolute atomic E-state index is 13.1. The van der Waals surface area contributed by atoms with Gasteiger partial charge in [0.15, 0.2) is 6.10 Å². The fourth-order valence-electron chi connectivity index (χ4n) is 1.80. The lowest BCUT2D eigenvalue weighted by Gasteiger charge is -2.14. The normalized spacial score (nSPS) is 12.0. The van der Waals surface area contributed by atoms with Crippen molar-refractivity contribution in [3.63, 3.8) is 0 Å². The number of aryl methyl sites for hydroxylation is 1. The number of carbonyl (C=O) groups excluding carboxylic acids is 1. The molecule has 0 saturated carbocycles. The van der Waals surface area contributed by atoms with Crippen LogP contribution in [-0.2, 0) is 0 Å². The number of hydrogen-bond donors (Lipinski definition) is 0. The van der Waals surface area contributed by atoms with Crippen molar-refractivity contribution in [3.05, 3.63) is 65.2 Å². The molecule has 1 unspecified atom stereocenters. The molecule has 0 N–H and O–H groups in total. The van der Waals surface area contributed by atoms with Crippen LogP contribution in [0.15, 0.2) is 42.5 Å². The summed E-state index contributed by atoms with van der Waals surface area (Å²) in [6.07, 6.45) is -0.731. The highest BCUT2D eigenvalue weighted by Crippen LogP contribution is 2.18. The van der Waals surface area contributed by atoms with E-state index in [9.17, 15) is 13.6 Å². The van der Waals surface area contributed by atoms with Crippen LogP contribution in [0.4, 0.5) is 8.78 Å². The minimum absolute atomic E-state index is 0.257. The molecule has 0 fully saturated rings. The molecule has 2 aromatic carbocycles. The lowest BCUT2D eigenvalue weighted by Crippen LogP contribution is -2.23. The van der Waals surface area contributed by atoms with Crippen LogP contribution in [0.5, 0.6) is 5.75 Å². The van der Waals surface area contributed by atoms with Crippen LogP contribution < -0.4 is 4.74 Å². The number of carbonyl (C=O) groups is 1. The molecular weight excluding hydrogens is 262 g/mol. The highest BCUT2D eigenvalue weighted by Gasteiger charge is 2.17. The highest BCUT2D eigenvalue weighted by molar-refractivity contribution is 5.99. The van der Waals surface area contributed by atoms with Crippen molar-refractivity contribution in [1.29, 1.82) is 0 Å². The summed E-state index contributed by atoms with van der Waals surface area (Å²) in [7, 11) is 0. The van der Waals surface area contributed by atoms with E-state index >= 15 is 0 Å². The van der Waals surface area contributed by atoms with Gasteiger partial charge in [-0.1, -0.05) is 0 Å². The Morgan fingerprint density at radius 3 is 2.35 bits per heavy atom. The maximum Gasteiger partial charge on any atom is 0.202 e. The van der Waals surface area contributed by atoms with E-state index in [-0.39, 0.29) is 11.6 Å². The molecule has 0 saturated heterocycles. The van der Waals surface area contributed by atoms with Crippen molar-refractivity contribution in [2.45, 2.75) is 20.0 Å². The van der Waals surface area contributed by atoms with Crippen molar-refractivity contribution >= 4 is 5.78 Å². The van der Waals surface area contributed by atoms with E-state index < -0.39 is 11.9 Å². The fourth-order valence-corrected chi connectivity index (χ4v) is 1.80. The molecule has 0 aliphatic heterocycles. The quantitative estimate of drug-likeness (QED) is 0.791. The zero-order valence-electron chi connectivity index (χ0n) is 11.2. The Morgan fingerprint density at radius 1 is 1.10 bits per heavy atom. The van der Waals surface area contributed by atoms with Crippen LogP contribution in [-0.4, -0.2) is 11.9 Å². The van der Waals surface area contributed by atoms with Gasteiger partial charge in [0.1, 0.15) is 17.4 Å². The summed E-state index contributed by atoms with van der Waals surface area (Å²) in [5.74, 6) is -0.557. The first kappa shape index (κ1) is 14.2. The Bertz CT molecular complexity index is 621. The lowest BCUT2D eigenvalue weighted by atomic mass is 10.1. The third-order valence-electron chi connectivity index (χ3n) is 2.94. The van der Waals surface area contributed by atoms with Gasteiger partial charge in [-0.25, -0.2) is 8.78 Å². The first-order valence-corrected chi connectivity index (χ1v) is 6.20. The molecule has 0 spiro atoms. The molecule has 2 aromatic rings. The number of hydrogen-bond acceptors (Lipinski definition) is 2. The highest BCUT2D eigenvalue weighted by atomic mass is 19.1. The topological polar surface area (TPSA) is 26.3 Å². The van der Waals surface area contributed by atoms with E-state index in [1.807, 2.05) is 0 Å². The van der Waals surface area contributed by atoms with Crippen LogP contribution in [0, 0.1) is 18.6 Å². The van der Waals surface area contributed by atoms with Gasteiger partial charge in [-0.3, -0.25) is 4.79 Å². The van der Waals surface area contributed by atoms with Gasteiger partial charge in [-0.15, -0.1) is 0 Å². The van der Waals surface area contributed by atoms with Crippen LogP contribution in [0.3, 0.4) is 0 Å². The molecule has 0 bridgehead atoms. The molecule has 0 aromatic heterocycles. The Morgan fingerprint density at radius 2 is 1.75 bits per heavy atom. The minimum atomic E-state index is -0.731. The van der Waals surface area contributed by atoms with E-state index in [1.54, 1.807) is 13.8 Å². The van der Waals surface area contributed by atoms with E-state index in [0.717, 1.165) is 0 Å². The number of benzene rings is 2. The third-order valence-corrected chi connectivity index (χ3v) is 2.94. The molecule has 0 heterocycles. The first-order chi connectivity index (χ1) is 9.47. The van der Waals surface area contributed by atoms with E-state index in [2.05, 4.69) is 0 Å². The van der Waals surface area contributed by atoms with Gasteiger partial charge >= 0.3 is 0 Å². The molecule has 20 heavy (non-hydrogen) atoms. The average molecular weight is 276 g/mol. The van der Waals surface area contributed by atoms with Crippen molar-refractivity contribution in [2.24, 2.45) is 0 Å². The first-order valence-electron chi connectivity index (χ1n) is 6.20. The Balaban J connectivity index is 2.11. The summed E-state index contributed by atoms with van der Waals surface area (Å²) in [6.45, 7) is 3.22. The summed E-state index contributed by atoms with van der Waals surface area (Å²) in [5.41, 5.74) is 0.821. The predicted octanol–water partition coefficient (Wildman–Crippen LogP) is 3.92. The summed E-state index contributed by atoms with van der Waals surface area (Å²) in [6, 6.07) is 9.56. The average Bonchev–Trinajstić information content (AvgIpc) is 2.43. The number of halogens is 2. The molecule has 0 aliphatic carbocycles. The number of Topliss-reactive ketones (excluding diaryl/α,β-unsaturated/α-hetero) is 1. The van der Waals surface area contributed by atoms with Gasteiger partial charge in [0.25, 0.3) is 0 Å². The largest absolute Gasteiger partial charge is 0.483 e. The summed E-state index contributed by atoms with van der Waals surface area (Å²) in [5, 5.41) is 0. The molecule has 104 valence electrons. The Labute approximate surface area is 116 Å². The zero-order chi connectivity index (χ0) is 14.7. The summed E-state index contributed by atoms with van der Waals surface area (Å²) < 4.78 is 31.4. The van der Waals surface area contributed by atoms with Crippen molar-refractivity contribution in [1.82, 2.24) is 0 Å². The predicted molar refractivity (Wildman–Crippen MR) is 72.0 cm³/mol. The van der Waals surface area contributed by atoms with Crippen molar-refractivity contribution in [2.75, 3.05) is 0 Å². The van der Waals surface area contributed by atoms with E-state index in [4.69, 9.17) is 4.74 Å². The zero-order valence-corrected chi connectivity index (χ0v) is 11.2. The SMILES string of the molecule is Cc1cc(OC(C)C(=O)c2ccc(F)cc2)ccc1F. The van der Waals surface area contributed by atoms with Gasteiger partial charge in [-0.05, 0) is 61.9 Å². The van der Waals surface area contributed by atoms with E-state index in [1.165, 1.54) is 42.5 Å². The molecule has 0 amide bonds. The van der Waals surface area contributed by atoms with Gasteiger partial charge in [0, 0.05) is 5.56 Å². The van der Waals surface area contributed by atoms with Crippen molar-refractivity contribution < 1.29 is 18.3 Å². The smallest absolute Gasteiger partial charge is 0.202 e. The summed E-state index contributed by atoms with van der Waals surface area (Å²) >= 11 is 0. The second-order valence-electron chi connectivity index (χ2n) is 4.54. The number of ether oxygens (including phenoxy) is 1. The number of ketones is 1. The molecule has 2 rings (SSSR count). The fraction of sp³-hybridized carbons (Fsp3) is 0.188.